The Kier molecular flexibility index (Phi) is 6.63. The number of benzene rings is 2. The van der Waals surface area contributed by atoms with Crippen molar-refractivity contribution in [3.8, 4) is 11.5 Å². The van der Waals surface area contributed by atoms with Crippen LogP contribution < -0.4 is 9.47 Å². The minimum Gasteiger partial charge on any atom is -0.494 e. The van der Waals surface area contributed by atoms with Crippen LogP contribution in [-0.4, -0.2) is 12.6 Å². The third-order valence-electron chi connectivity index (χ3n) is 4.08. The van der Waals surface area contributed by atoms with E-state index in [9.17, 15) is 4.79 Å². The predicted octanol–water partition coefficient (Wildman–Crippen LogP) is 5.50. The molecule has 0 saturated carbocycles. The molecule has 2 aromatic carbocycles. The Hall–Kier alpha value is -2.29. The highest BCUT2D eigenvalue weighted by Gasteiger charge is 2.07. The molecule has 0 amide bonds. The SMILES string of the molecule is Cc1cc(C)cc(OC(=O)CCCOc2ccc(C(C)C)c(C)c2)c1. The summed E-state index contributed by atoms with van der Waals surface area (Å²) in [7, 11) is 0. The monoisotopic (exact) mass is 340 g/mol. The molecule has 0 fully saturated rings. The normalized spacial score (nSPS) is 10.8. The lowest BCUT2D eigenvalue weighted by Crippen LogP contribution is -2.10. The smallest absolute Gasteiger partial charge is 0.311 e. The molecule has 3 nitrogen and oxygen atoms in total. The first-order valence-corrected chi connectivity index (χ1v) is 8.87. The van der Waals surface area contributed by atoms with Gasteiger partial charge in [0.1, 0.15) is 11.5 Å². The second-order valence-electron chi connectivity index (χ2n) is 6.92. The largest absolute Gasteiger partial charge is 0.494 e. The molecule has 0 heterocycles. The Labute approximate surface area is 151 Å². The van der Waals surface area contributed by atoms with E-state index in [0.29, 0.717) is 31.1 Å². The van der Waals surface area contributed by atoms with Gasteiger partial charge in [-0.3, -0.25) is 4.79 Å². The first-order chi connectivity index (χ1) is 11.8. The van der Waals surface area contributed by atoms with Gasteiger partial charge in [0.25, 0.3) is 0 Å². The number of hydrogen-bond acceptors (Lipinski definition) is 3. The average molecular weight is 340 g/mol. The standard InChI is InChI=1S/C22H28O3/c1-15(2)21-9-8-19(14-18(21)5)24-10-6-7-22(23)25-20-12-16(3)11-17(4)13-20/h8-9,11-15H,6-7,10H2,1-5H3. The summed E-state index contributed by atoms with van der Waals surface area (Å²) >= 11 is 0. The Morgan fingerprint density at radius 2 is 1.64 bits per heavy atom. The molecule has 0 saturated heterocycles. The summed E-state index contributed by atoms with van der Waals surface area (Å²) in [5.41, 5.74) is 4.75. The van der Waals surface area contributed by atoms with E-state index >= 15 is 0 Å². The summed E-state index contributed by atoms with van der Waals surface area (Å²) in [6.45, 7) is 11.0. The number of carbonyl (C=O) groups excluding carboxylic acids is 1. The predicted molar refractivity (Wildman–Crippen MR) is 102 cm³/mol. The molecule has 0 radical (unpaired) electrons. The minimum absolute atomic E-state index is 0.222. The highest BCUT2D eigenvalue weighted by Crippen LogP contribution is 2.23. The van der Waals surface area contributed by atoms with Crippen molar-refractivity contribution in [3.05, 3.63) is 58.7 Å². The van der Waals surface area contributed by atoms with Crippen molar-refractivity contribution >= 4 is 5.97 Å². The number of rotatable bonds is 7. The first kappa shape index (κ1) is 19.0. The quantitative estimate of drug-likeness (QED) is 0.379. The van der Waals surface area contributed by atoms with Crippen molar-refractivity contribution < 1.29 is 14.3 Å². The van der Waals surface area contributed by atoms with Crippen LogP contribution in [0.3, 0.4) is 0 Å². The number of hydrogen-bond donors (Lipinski definition) is 0. The Bertz CT molecular complexity index is 712. The molecule has 0 atom stereocenters. The molecular formula is C22H28O3. The van der Waals surface area contributed by atoms with Crippen LogP contribution >= 0.6 is 0 Å². The summed E-state index contributed by atoms with van der Waals surface area (Å²) in [4.78, 5) is 11.9. The van der Waals surface area contributed by atoms with Crippen LogP contribution in [0.5, 0.6) is 11.5 Å². The molecule has 25 heavy (non-hydrogen) atoms. The molecule has 0 aliphatic heterocycles. The van der Waals surface area contributed by atoms with Crippen LogP contribution in [0.15, 0.2) is 36.4 Å². The van der Waals surface area contributed by atoms with Gasteiger partial charge in [0, 0.05) is 6.42 Å². The lowest BCUT2D eigenvalue weighted by atomic mass is 9.98. The highest BCUT2D eigenvalue weighted by atomic mass is 16.5. The molecule has 134 valence electrons. The van der Waals surface area contributed by atoms with Crippen LogP contribution in [0.1, 0.15) is 54.9 Å². The zero-order chi connectivity index (χ0) is 18.4. The van der Waals surface area contributed by atoms with Gasteiger partial charge >= 0.3 is 5.97 Å². The summed E-state index contributed by atoms with van der Waals surface area (Å²) in [5, 5.41) is 0. The average Bonchev–Trinajstić information content (AvgIpc) is 2.50. The second kappa shape index (κ2) is 8.70. The van der Waals surface area contributed by atoms with Crippen molar-refractivity contribution in [2.45, 2.75) is 53.4 Å². The summed E-state index contributed by atoms with van der Waals surface area (Å²) in [6, 6.07) is 12.0. The van der Waals surface area contributed by atoms with Gasteiger partial charge in [-0.25, -0.2) is 0 Å². The molecule has 2 rings (SSSR count). The van der Waals surface area contributed by atoms with Gasteiger partial charge in [0.05, 0.1) is 6.61 Å². The van der Waals surface area contributed by atoms with Gasteiger partial charge in [0.15, 0.2) is 0 Å². The maximum atomic E-state index is 11.9. The molecule has 2 aromatic rings. The zero-order valence-corrected chi connectivity index (χ0v) is 15.9. The summed E-state index contributed by atoms with van der Waals surface area (Å²) < 4.78 is 11.1. The van der Waals surface area contributed by atoms with E-state index in [1.807, 2.05) is 32.0 Å². The summed E-state index contributed by atoms with van der Waals surface area (Å²) in [6.07, 6.45) is 0.977. The lowest BCUT2D eigenvalue weighted by Gasteiger charge is -2.12. The van der Waals surface area contributed by atoms with Gasteiger partial charge in [-0.2, -0.15) is 0 Å². The molecule has 0 aliphatic rings. The van der Waals surface area contributed by atoms with Gasteiger partial charge in [-0.05, 0) is 79.6 Å². The van der Waals surface area contributed by atoms with E-state index in [-0.39, 0.29) is 5.97 Å². The van der Waals surface area contributed by atoms with E-state index in [2.05, 4.69) is 39.0 Å². The highest BCUT2D eigenvalue weighted by molar-refractivity contribution is 5.72. The van der Waals surface area contributed by atoms with Gasteiger partial charge in [-0.1, -0.05) is 26.0 Å². The number of esters is 1. The van der Waals surface area contributed by atoms with Crippen molar-refractivity contribution in [2.24, 2.45) is 0 Å². The number of carbonyl (C=O) groups is 1. The van der Waals surface area contributed by atoms with Crippen molar-refractivity contribution in [1.29, 1.82) is 0 Å². The molecular weight excluding hydrogens is 312 g/mol. The maximum absolute atomic E-state index is 11.9. The molecule has 0 bridgehead atoms. The van der Waals surface area contributed by atoms with E-state index in [4.69, 9.17) is 9.47 Å². The van der Waals surface area contributed by atoms with Gasteiger partial charge < -0.3 is 9.47 Å². The van der Waals surface area contributed by atoms with Crippen LogP contribution in [0, 0.1) is 20.8 Å². The zero-order valence-electron chi connectivity index (χ0n) is 15.9. The van der Waals surface area contributed by atoms with E-state index < -0.39 is 0 Å². The van der Waals surface area contributed by atoms with Crippen molar-refractivity contribution in [1.82, 2.24) is 0 Å². The fraction of sp³-hybridized carbons (Fsp3) is 0.409. The first-order valence-electron chi connectivity index (χ1n) is 8.87. The molecule has 0 N–H and O–H groups in total. The van der Waals surface area contributed by atoms with E-state index in [1.165, 1.54) is 11.1 Å². The fourth-order valence-electron chi connectivity index (χ4n) is 2.97. The Balaban J connectivity index is 1.77. The van der Waals surface area contributed by atoms with Crippen LogP contribution in [0.4, 0.5) is 0 Å². The lowest BCUT2D eigenvalue weighted by molar-refractivity contribution is -0.134. The third kappa shape index (κ3) is 5.93. The van der Waals surface area contributed by atoms with Crippen LogP contribution in [-0.2, 0) is 4.79 Å². The minimum atomic E-state index is -0.222. The number of ether oxygens (including phenoxy) is 2. The van der Waals surface area contributed by atoms with Gasteiger partial charge in [0.2, 0.25) is 0 Å². The van der Waals surface area contributed by atoms with E-state index in [0.717, 1.165) is 16.9 Å². The van der Waals surface area contributed by atoms with Crippen molar-refractivity contribution in [3.63, 3.8) is 0 Å². The third-order valence-corrected chi connectivity index (χ3v) is 4.08. The summed E-state index contributed by atoms with van der Waals surface area (Å²) in [5.74, 6) is 1.75. The number of aryl methyl sites for hydroxylation is 3. The van der Waals surface area contributed by atoms with Gasteiger partial charge in [-0.15, -0.1) is 0 Å². The molecule has 0 aliphatic carbocycles. The Morgan fingerprint density at radius 3 is 2.24 bits per heavy atom. The van der Waals surface area contributed by atoms with E-state index in [1.54, 1.807) is 0 Å². The molecule has 3 heteroatoms. The topological polar surface area (TPSA) is 35.5 Å². The molecule has 0 unspecified atom stereocenters. The Morgan fingerprint density at radius 1 is 0.960 bits per heavy atom. The van der Waals surface area contributed by atoms with Crippen LogP contribution in [0.25, 0.3) is 0 Å². The fourth-order valence-corrected chi connectivity index (χ4v) is 2.97. The van der Waals surface area contributed by atoms with Crippen molar-refractivity contribution in [2.75, 3.05) is 6.61 Å². The molecule has 0 spiro atoms. The maximum Gasteiger partial charge on any atom is 0.311 e. The second-order valence-corrected chi connectivity index (χ2v) is 6.92. The van der Waals surface area contributed by atoms with Crippen LogP contribution in [0.2, 0.25) is 0 Å². The molecule has 0 aromatic heterocycles.